The number of rotatable bonds is 6. The third kappa shape index (κ3) is 4.53. The van der Waals surface area contributed by atoms with Crippen LogP contribution in [0, 0.1) is 5.82 Å². The average molecular weight is 345 g/mol. The Kier molecular flexibility index (Phi) is 6.05. The molecule has 0 radical (unpaired) electrons. The van der Waals surface area contributed by atoms with E-state index in [1.807, 2.05) is 13.8 Å². The first-order valence-corrected chi connectivity index (χ1v) is 7.97. The molecule has 0 aliphatic carbocycles. The quantitative estimate of drug-likeness (QED) is 0.841. The van der Waals surface area contributed by atoms with E-state index in [1.54, 1.807) is 17.0 Å². The fraction of sp³-hybridized carbons (Fsp3) is 0.278. The summed E-state index contributed by atoms with van der Waals surface area (Å²) in [4.78, 5) is 29.5. The third-order valence-electron chi connectivity index (χ3n) is 3.76. The molecule has 2 aromatic rings. The van der Waals surface area contributed by atoms with Gasteiger partial charge in [-0.25, -0.2) is 9.37 Å². The number of carbonyl (C=O) groups excluding carboxylic acids is 2. The Morgan fingerprint density at radius 2 is 1.92 bits per heavy atom. The van der Waals surface area contributed by atoms with Crippen LogP contribution in [-0.2, 0) is 4.79 Å². The molecule has 2 rings (SSSR count). The summed E-state index contributed by atoms with van der Waals surface area (Å²) in [5.74, 6) is -1.61. The van der Waals surface area contributed by atoms with Crippen LogP contribution in [0.25, 0.3) is 11.1 Å². The SMILES string of the molecule is CCN(CC)C(=O)CNC(=O)c1ncc(-c2cccc(F)c2)cc1O. The number of aromatic hydroxyl groups is 1. The van der Waals surface area contributed by atoms with Gasteiger partial charge in [-0.3, -0.25) is 9.59 Å². The van der Waals surface area contributed by atoms with Crippen molar-refractivity contribution in [3.63, 3.8) is 0 Å². The van der Waals surface area contributed by atoms with Crippen LogP contribution in [0.1, 0.15) is 24.3 Å². The van der Waals surface area contributed by atoms with Gasteiger partial charge >= 0.3 is 0 Å². The number of likely N-dealkylation sites (N-methyl/N-ethyl adjacent to an activating group) is 1. The van der Waals surface area contributed by atoms with E-state index in [4.69, 9.17) is 0 Å². The van der Waals surface area contributed by atoms with Crippen molar-refractivity contribution in [3.05, 3.63) is 48.0 Å². The number of nitrogens with zero attached hydrogens (tertiary/aromatic N) is 2. The van der Waals surface area contributed by atoms with Crippen molar-refractivity contribution in [2.24, 2.45) is 0 Å². The summed E-state index contributed by atoms with van der Waals surface area (Å²) in [5.41, 5.74) is 0.826. The second-order valence-corrected chi connectivity index (χ2v) is 5.35. The van der Waals surface area contributed by atoms with Crippen molar-refractivity contribution < 1.29 is 19.1 Å². The number of hydrogen-bond donors (Lipinski definition) is 2. The molecule has 0 unspecified atom stereocenters. The van der Waals surface area contributed by atoms with E-state index in [0.29, 0.717) is 24.2 Å². The van der Waals surface area contributed by atoms with Gasteiger partial charge in [0.25, 0.3) is 5.91 Å². The predicted molar refractivity (Wildman–Crippen MR) is 91.6 cm³/mol. The van der Waals surface area contributed by atoms with Gasteiger partial charge in [0, 0.05) is 24.8 Å². The van der Waals surface area contributed by atoms with Crippen LogP contribution in [0.15, 0.2) is 36.5 Å². The first kappa shape index (κ1) is 18.4. The molecule has 0 saturated heterocycles. The Balaban J connectivity index is 2.10. The van der Waals surface area contributed by atoms with Gasteiger partial charge in [0.1, 0.15) is 11.6 Å². The fourth-order valence-electron chi connectivity index (χ4n) is 2.38. The van der Waals surface area contributed by atoms with Crippen molar-refractivity contribution in [1.82, 2.24) is 15.2 Å². The molecule has 7 heteroatoms. The van der Waals surface area contributed by atoms with Crippen molar-refractivity contribution >= 4 is 11.8 Å². The molecule has 2 amide bonds. The zero-order valence-corrected chi connectivity index (χ0v) is 14.1. The number of nitrogens with one attached hydrogen (secondary N) is 1. The minimum Gasteiger partial charge on any atom is -0.505 e. The zero-order valence-electron chi connectivity index (χ0n) is 14.1. The first-order valence-electron chi connectivity index (χ1n) is 7.97. The highest BCUT2D eigenvalue weighted by molar-refractivity contribution is 5.97. The first-order chi connectivity index (χ1) is 12.0. The number of carbonyl (C=O) groups is 2. The molecular formula is C18H20FN3O3. The topological polar surface area (TPSA) is 82.5 Å². The molecule has 6 nitrogen and oxygen atoms in total. The van der Waals surface area contributed by atoms with Gasteiger partial charge < -0.3 is 15.3 Å². The van der Waals surface area contributed by atoms with Crippen LogP contribution < -0.4 is 5.32 Å². The van der Waals surface area contributed by atoms with Crippen molar-refractivity contribution in [2.75, 3.05) is 19.6 Å². The minimum absolute atomic E-state index is 0.173. The third-order valence-corrected chi connectivity index (χ3v) is 3.76. The average Bonchev–Trinajstić information content (AvgIpc) is 2.60. The van der Waals surface area contributed by atoms with Gasteiger partial charge in [-0.05, 0) is 37.6 Å². The molecular weight excluding hydrogens is 325 g/mol. The summed E-state index contributed by atoms with van der Waals surface area (Å²) >= 11 is 0. The standard InChI is InChI=1S/C18H20FN3O3/c1-3-22(4-2)16(24)11-21-18(25)17-15(23)9-13(10-20-17)12-6-5-7-14(19)8-12/h5-10,23H,3-4,11H2,1-2H3,(H,21,25). The van der Waals surface area contributed by atoms with Gasteiger partial charge in [-0.2, -0.15) is 0 Å². The Morgan fingerprint density at radius 3 is 2.52 bits per heavy atom. The number of aromatic nitrogens is 1. The lowest BCUT2D eigenvalue weighted by Gasteiger charge is -2.18. The Bertz CT molecular complexity index is 776. The monoisotopic (exact) mass is 345 g/mol. The minimum atomic E-state index is -0.649. The number of amides is 2. The highest BCUT2D eigenvalue weighted by atomic mass is 19.1. The lowest BCUT2D eigenvalue weighted by atomic mass is 10.1. The van der Waals surface area contributed by atoms with Crippen LogP contribution >= 0.6 is 0 Å². The van der Waals surface area contributed by atoms with Gasteiger partial charge in [0.15, 0.2) is 5.69 Å². The van der Waals surface area contributed by atoms with Crippen LogP contribution in [0.5, 0.6) is 5.75 Å². The molecule has 0 bridgehead atoms. The molecule has 0 spiro atoms. The largest absolute Gasteiger partial charge is 0.505 e. The molecule has 1 aromatic carbocycles. The summed E-state index contributed by atoms with van der Waals surface area (Å²) in [6.45, 7) is 4.63. The van der Waals surface area contributed by atoms with Crippen molar-refractivity contribution in [1.29, 1.82) is 0 Å². The van der Waals surface area contributed by atoms with Crippen molar-refractivity contribution in [3.8, 4) is 16.9 Å². The smallest absolute Gasteiger partial charge is 0.274 e. The molecule has 0 aliphatic heterocycles. The van der Waals surface area contributed by atoms with E-state index < -0.39 is 11.7 Å². The number of pyridine rings is 1. The van der Waals surface area contributed by atoms with E-state index in [1.165, 1.54) is 24.4 Å². The van der Waals surface area contributed by atoms with E-state index in [-0.39, 0.29) is 23.9 Å². The van der Waals surface area contributed by atoms with Gasteiger partial charge in [-0.15, -0.1) is 0 Å². The highest BCUT2D eigenvalue weighted by Crippen LogP contribution is 2.25. The molecule has 25 heavy (non-hydrogen) atoms. The molecule has 0 fully saturated rings. The van der Waals surface area contributed by atoms with E-state index in [0.717, 1.165) is 0 Å². The van der Waals surface area contributed by atoms with Gasteiger partial charge in [0.2, 0.25) is 5.91 Å². The Labute approximate surface area is 145 Å². The fourth-order valence-corrected chi connectivity index (χ4v) is 2.38. The predicted octanol–water partition coefficient (Wildman–Crippen LogP) is 2.19. The van der Waals surface area contributed by atoms with Crippen molar-refractivity contribution in [2.45, 2.75) is 13.8 Å². The summed E-state index contributed by atoms with van der Waals surface area (Å²) in [6.07, 6.45) is 1.37. The molecule has 0 saturated carbocycles. The Morgan fingerprint density at radius 1 is 1.20 bits per heavy atom. The maximum atomic E-state index is 13.3. The molecule has 1 aromatic heterocycles. The maximum Gasteiger partial charge on any atom is 0.274 e. The molecule has 0 atom stereocenters. The second kappa shape index (κ2) is 8.23. The Hall–Kier alpha value is -2.96. The van der Waals surface area contributed by atoms with Crippen LogP contribution in [-0.4, -0.2) is 46.4 Å². The van der Waals surface area contributed by atoms with Gasteiger partial charge in [-0.1, -0.05) is 12.1 Å². The molecule has 1 heterocycles. The lowest BCUT2D eigenvalue weighted by Crippen LogP contribution is -2.40. The normalized spacial score (nSPS) is 10.4. The number of hydrogen-bond acceptors (Lipinski definition) is 4. The number of halogens is 1. The second-order valence-electron chi connectivity index (χ2n) is 5.35. The molecule has 132 valence electrons. The van der Waals surface area contributed by atoms with E-state index >= 15 is 0 Å². The highest BCUT2D eigenvalue weighted by Gasteiger charge is 2.17. The maximum absolute atomic E-state index is 13.3. The van der Waals surface area contributed by atoms with E-state index in [2.05, 4.69) is 10.3 Å². The lowest BCUT2D eigenvalue weighted by molar-refractivity contribution is -0.129. The summed E-state index contributed by atoms with van der Waals surface area (Å²) < 4.78 is 13.3. The summed E-state index contributed by atoms with van der Waals surface area (Å²) in [5, 5.41) is 12.5. The summed E-state index contributed by atoms with van der Waals surface area (Å²) in [6, 6.07) is 7.16. The van der Waals surface area contributed by atoms with Crippen LogP contribution in [0.4, 0.5) is 4.39 Å². The van der Waals surface area contributed by atoms with Crippen LogP contribution in [0.2, 0.25) is 0 Å². The van der Waals surface area contributed by atoms with E-state index in [9.17, 15) is 19.1 Å². The van der Waals surface area contributed by atoms with Gasteiger partial charge in [0.05, 0.1) is 6.54 Å². The summed E-state index contributed by atoms with van der Waals surface area (Å²) in [7, 11) is 0. The molecule has 2 N–H and O–H groups in total. The molecule has 0 aliphatic rings. The number of benzene rings is 1. The van der Waals surface area contributed by atoms with Crippen LogP contribution in [0.3, 0.4) is 0 Å². The zero-order chi connectivity index (χ0) is 18.4.